The average molecular weight is 314 g/mol. The van der Waals surface area contributed by atoms with Gasteiger partial charge in [-0.05, 0) is 24.8 Å². The lowest BCUT2D eigenvalue weighted by molar-refractivity contribution is 0.482. The van der Waals surface area contributed by atoms with Gasteiger partial charge in [0.15, 0.2) is 0 Å². The number of benzene rings is 1. The van der Waals surface area contributed by atoms with Gasteiger partial charge in [0.25, 0.3) is 10.1 Å². The third-order valence-corrected chi connectivity index (χ3v) is 4.05. The molecule has 0 fully saturated rings. The van der Waals surface area contributed by atoms with E-state index < -0.39 is 10.1 Å². The smallest absolute Gasteiger partial charge is 0.264 e. The first kappa shape index (κ1) is 20.1. The fourth-order valence-electron chi connectivity index (χ4n) is 2.01. The van der Waals surface area contributed by atoms with Crippen molar-refractivity contribution >= 4 is 10.1 Å². The lowest BCUT2D eigenvalue weighted by Gasteiger charge is -2.01. The molecule has 0 amide bonds. The van der Waals surface area contributed by atoms with Crippen LogP contribution in [0.4, 0.5) is 0 Å². The third-order valence-electron chi connectivity index (χ3n) is 3.12. The number of hydrogen-bond donors (Lipinski definition) is 1. The van der Waals surface area contributed by atoms with Crippen LogP contribution in [0.2, 0.25) is 0 Å². The average Bonchev–Trinajstić information content (AvgIpc) is 2.43. The van der Waals surface area contributed by atoms with Crippen LogP contribution >= 0.6 is 0 Å². The van der Waals surface area contributed by atoms with Crippen LogP contribution in [0.15, 0.2) is 30.3 Å². The van der Waals surface area contributed by atoms with E-state index in [0.29, 0.717) is 6.42 Å². The molecule has 0 saturated carbocycles. The molecule has 0 spiro atoms. The maximum absolute atomic E-state index is 9.79. The first-order valence-corrected chi connectivity index (χ1v) is 9.59. The molecular formula is C17H30O3S. The van der Waals surface area contributed by atoms with Crippen molar-refractivity contribution in [3.8, 4) is 0 Å². The summed E-state index contributed by atoms with van der Waals surface area (Å²) in [6, 6.07) is 10.8. The molecule has 1 rings (SSSR count). The van der Waals surface area contributed by atoms with E-state index >= 15 is 0 Å². The highest BCUT2D eigenvalue weighted by molar-refractivity contribution is 7.85. The van der Waals surface area contributed by atoms with Gasteiger partial charge < -0.3 is 0 Å². The number of hydrogen-bond acceptors (Lipinski definition) is 2. The summed E-state index contributed by atoms with van der Waals surface area (Å²) in [4.78, 5) is 0. The summed E-state index contributed by atoms with van der Waals surface area (Å²) in [5, 5.41) is 0. The van der Waals surface area contributed by atoms with E-state index in [1.807, 2.05) is 0 Å². The predicted molar refractivity (Wildman–Crippen MR) is 90.2 cm³/mol. The van der Waals surface area contributed by atoms with Gasteiger partial charge in [-0.2, -0.15) is 8.42 Å². The number of rotatable bonds is 9. The van der Waals surface area contributed by atoms with Gasteiger partial charge in [-0.3, -0.25) is 4.55 Å². The Morgan fingerprint density at radius 3 is 1.90 bits per heavy atom. The SMILES string of the molecule is CCCCCCCCc1ccccc1.CCCS(=O)(=O)O. The third kappa shape index (κ3) is 15.3. The second-order valence-corrected chi connectivity index (χ2v) is 6.86. The molecule has 0 radical (unpaired) electrons. The maximum atomic E-state index is 9.79. The molecule has 0 bridgehead atoms. The van der Waals surface area contributed by atoms with E-state index in [2.05, 4.69) is 37.3 Å². The highest BCUT2D eigenvalue weighted by Gasteiger charge is 1.98. The summed E-state index contributed by atoms with van der Waals surface area (Å²) in [5.41, 5.74) is 1.49. The second-order valence-electron chi connectivity index (χ2n) is 5.29. The van der Waals surface area contributed by atoms with Crippen molar-refractivity contribution in [2.24, 2.45) is 0 Å². The van der Waals surface area contributed by atoms with Crippen molar-refractivity contribution in [3.05, 3.63) is 35.9 Å². The minimum atomic E-state index is -3.67. The highest BCUT2D eigenvalue weighted by atomic mass is 32.2. The zero-order valence-corrected chi connectivity index (χ0v) is 14.2. The summed E-state index contributed by atoms with van der Waals surface area (Å²) in [6.45, 7) is 3.96. The zero-order valence-electron chi connectivity index (χ0n) is 13.4. The van der Waals surface area contributed by atoms with Crippen LogP contribution in [0.5, 0.6) is 0 Å². The van der Waals surface area contributed by atoms with Gasteiger partial charge in [0.2, 0.25) is 0 Å². The van der Waals surface area contributed by atoms with Crippen molar-refractivity contribution < 1.29 is 13.0 Å². The summed E-state index contributed by atoms with van der Waals surface area (Å²) >= 11 is 0. The lowest BCUT2D eigenvalue weighted by Crippen LogP contribution is -2.01. The molecule has 0 aliphatic heterocycles. The Bertz CT molecular complexity index is 427. The Morgan fingerprint density at radius 1 is 0.857 bits per heavy atom. The zero-order chi connectivity index (χ0) is 16.0. The van der Waals surface area contributed by atoms with Crippen LogP contribution in [-0.4, -0.2) is 18.7 Å². The Morgan fingerprint density at radius 2 is 1.43 bits per heavy atom. The lowest BCUT2D eigenvalue weighted by atomic mass is 10.1. The van der Waals surface area contributed by atoms with Crippen molar-refractivity contribution in [1.82, 2.24) is 0 Å². The van der Waals surface area contributed by atoms with Gasteiger partial charge >= 0.3 is 0 Å². The number of unbranched alkanes of at least 4 members (excludes halogenated alkanes) is 5. The summed E-state index contributed by atoms with van der Waals surface area (Å²) < 4.78 is 27.6. The van der Waals surface area contributed by atoms with Crippen LogP contribution in [0.3, 0.4) is 0 Å². The van der Waals surface area contributed by atoms with Crippen LogP contribution in [0.25, 0.3) is 0 Å². The number of aryl methyl sites for hydroxylation is 1. The van der Waals surface area contributed by atoms with Crippen LogP contribution in [0, 0.1) is 0 Å². The molecule has 3 nitrogen and oxygen atoms in total. The molecule has 0 aromatic heterocycles. The van der Waals surface area contributed by atoms with Crippen molar-refractivity contribution in [2.45, 2.75) is 65.2 Å². The standard InChI is InChI=1S/C14H22.C3H8O3S/c1-2-3-4-5-6-8-11-14-12-9-7-10-13-14;1-2-3-7(4,5)6/h7,9-10,12-13H,2-6,8,11H2,1H3;2-3H2,1H3,(H,4,5,6). The maximum Gasteiger partial charge on any atom is 0.264 e. The molecule has 0 heterocycles. The monoisotopic (exact) mass is 314 g/mol. The summed E-state index contributed by atoms with van der Waals surface area (Å²) in [7, 11) is -3.67. The van der Waals surface area contributed by atoms with E-state index in [0.717, 1.165) is 0 Å². The fourth-order valence-corrected chi connectivity index (χ4v) is 2.53. The largest absolute Gasteiger partial charge is 0.286 e. The quantitative estimate of drug-likeness (QED) is 0.522. The summed E-state index contributed by atoms with van der Waals surface area (Å²) in [6.07, 6.45) is 10.1. The van der Waals surface area contributed by atoms with Gasteiger partial charge in [-0.25, -0.2) is 0 Å². The first-order chi connectivity index (χ1) is 9.99. The Labute approximate surface area is 130 Å². The van der Waals surface area contributed by atoms with Crippen LogP contribution in [-0.2, 0) is 16.5 Å². The Hall–Kier alpha value is -0.870. The van der Waals surface area contributed by atoms with E-state index in [9.17, 15) is 8.42 Å². The molecule has 1 aromatic rings. The second kappa shape index (κ2) is 12.8. The van der Waals surface area contributed by atoms with Crippen LogP contribution < -0.4 is 0 Å². The Balaban J connectivity index is 0.000000486. The van der Waals surface area contributed by atoms with Crippen molar-refractivity contribution in [3.63, 3.8) is 0 Å². The minimum Gasteiger partial charge on any atom is -0.286 e. The molecule has 0 saturated heterocycles. The topological polar surface area (TPSA) is 54.4 Å². The molecule has 0 atom stereocenters. The molecular weight excluding hydrogens is 284 g/mol. The van der Waals surface area contributed by atoms with Crippen molar-refractivity contribution in [1.29, 1.82) is 0 Å². The predicted octanol–water partition coefficient (Wildman–Crippen LogP) is 4.87. The Kier molecular flexibility index (Phi) is 12.3. The van der Waals surface area contributed by atoms with Gasteiger partial charge in [0.05, 0.1) is 5.75 Å². The van der Waals surface area contributed by atoms with Crippen molar-refractivity contribution in [2.75, 3.05) is 5.75 Å². The van der Waals surface area contributed by atoms with Crippen LogP contribution in [0.1, 0.15) is 64.4 Å². The molecule has 122 valence electrons. The molecule has 21 heavy (non-hydrogen) atoms. The van der Waals surface area contributed by atoms with E-state index in [1.165, 1.54) is 50.5 Å². The van der Waals surface area contributed by atoms with Gasteiger partial charge in [-0.15, -0.1) is 0 Å². The van der Waals surface area contributed by atoms with Gasteiger partial charge in [-0.1, -0.05) is 76.3 Å². The molecule has 1 N–H and O–H groups in total. The van der Waals surface area contributed by atoms with E-state index in [1.54, 1.807) is 6.92 Å². The van der Waals surface area contributed by atoms with Gasteiger partial charge in [0.1, 0.15) is 0 Å². The summed E-state index contributed by atoms with van der Waals surface area (Å²) in [5.74, 6) is -0.132. The molecule has 0 aliphatic carbocycles. The van der Waals surface area contributed by atoms with E-state index in [-0.39, 0.29) is 5.75 Å². The molecule has 4 heteroatoms. The highest BCUT2D eigenvalue weighted by Crippen LogP contribution is 2.09. The molecule has 0 unspecified atom stereocenters. The minimum absolute atomic E-state index is 0.132. The van der Waals surface area contributed by atoms with E-state index in [4.69, 9.17) is 4.55 Å². The molecule has 1 aromatic carbocycles. The fraction of sp³-hybridized carbons (Fsp3) is 0.647. The first-order valence-electron chi connectivity index (χ1n) is 7.98. The normalized spacial score (nSPS) is 10.8. The van der Waals surface area contributed by atoms with Gasteiger partial charge in [0, 0.05) is 0 Å². The molecule has 0 aliphatic rings.